The molecule has 0 aliphatic rings. The molecule has 0 aliphatic carbocycles. The Morgan fingerprint density at radius 1 is 0.433 bits per heavy atom. The third kappa shape index (κ3) is 2.27. The molecule has 4 rings (SSSR count). The predicted octanol–water partition coefficient (Wildman–Crippen LogP) is 0.165. The fourth-order valence-electron chi connectivity index (χ4n) is 2.82. The molecule has 0 aliphatic heterocycles. The average molecular weight is 385 g/mol. The Labute approximate surface area is 165 Å². The molecule has 0 fully saturated rings. The molecular formula is C18HN12+. The third-order valence-electron chi connectivity index (χ3n) is 4.07. The Bertz CT molecular complexity index is 1350. The van der Waals surface area contributed by atoms with Crippen molar-refractivity contribution in [3.05, 3.63) is 34.2 Å². The predicted molar refractivity (Wildman–Crippen MR) is 92.8 cm³/mol. The summed E-state index contributed by atoms with van der Waals surface area (Å²) in [4.78, 5) is 23.4. The van der Waals surface area contributed by atoms with E-state index < -0.39 is 0 Å². The van der Waals surface area contributed by atoms with Gasteiger partial charge >= 0.3 is 5.69 Å². The molecule has 0 saturated heterocycles. The summed E-state index contributed by atoms with van der Waals surface area (Å²) in [6, 6.07) is 10.6. The van der Waals surface area contributed by atoms with Crippen molar-refractivity contribution in [2.24, 2.45) is 0 Å². The van der Waals surface area contributed by atoms with Crippen LogP contribution in [0.3, 0.4) is 0 Å². The van der Waals surface area contributed by atoms with Crippen molar-refractivity contribution < 1.29 is 4.98 Å². The van der Waals surface area contributed by atoms with Gasteiger partial charge in [-0.2, -0.15) is 36.6 Å². The monoisotopic (exact) mass is 385 g/mol. The minimum absolute atomic E-state index is 0.00367. The minimum atomic E-state index is -0.284. The molecule has 30 heavy (non-hydrogen) atoms. The Kier molecular flexibility index (Phi) is 3.76. The molecule has 1 N–H and O–H groups in total. The Morgan fingerprint density at radius 2 is 0.767 bits per heavy atom. The molecule has 0 unspecified atom stereocenters. The summed E-state index contributed by atoms with van der Waals surface area (Å²) in [6.45, 7) is 0. The van der Waals surface area contributed by atoms with Crippen LogP contribution in [0.25, 0.3) is 33.1 Å². The lowest BCUT2D eigenvalue weighted by Crippen LogP contribution is -2.16. The minimum Gasteiger partial charge on any atom is -0.230 e. The molecule has 4 aromatic rings. The van der Waals surface area contributed by atoms with Crippen LogP contribution in [-0.2, 0) is 0 Å². The number of benzene rings is 1. The number of H-pyrrole nitrogens is 1. The van der Waals surface area contributed by atoms with E-state index in [0.29, 0.717) is 0 Å². The van der Waals surface area contributed by atoms with Crippen LogP contribution in [0.2, 0.25) is 0 Å². The first kappa shape index (κ1) is 17.6. The van der Waals surface area contributed by atoms with Gasteiger partial charge in [-0.3, -0.25) is 0 Å². The summed E-state index contributed by atoms with van der Waals surface area (Å²) in [6.07, 6.45) is 0. The van der Waals surface area contributed by atoms with Gasteiger partial charge in [0.1, 0.15) is 46.9 Å². The van der Waals surface area contributed by atoms with Crippen molar-refractivity contribution >= 4 is 33.1 Å². The SMILES string of the molecule is N#Cc1nc2c3nc(C#N)c(C#N)nc3c3[nH+]c(C#N)c(C#N)nc3c2nc1C#N. The lowest BCUT2D eigenvalue weighted by molar-refractivity contribution is -0.348. The van der Waals surface area contributed by atoms with E-state index in [1.807, 2.05) is 0 Å². The van der Waals surface area contributed by atoms with Crippen molar-refractivity contribution in [1.82, 2.24) is 24.9 Å². The molecule has 1 aromatic carbocycles. The van der Waals surface area contributed by atoms with Gasteiger partial charge in [-0.1, -0.05) is 0 Å². The molecule has 3 aromatic heterocycles. The maximum atomic E-state index is 9.32. The molecule has 3 heterocycles. The van der Waals surface area contributed by atoms with E-state index in [1.165, 1.54) is 0 Å². The maximum absolute atomic E-state index is 9.32. The van der Waals surface area contributed by atoms with Crippen molar-refractivity contribution in [2.75, 3.05) is 0 Å². The second-order valence-electron chi connectivity index (χ2n) is 5.59. The number of aromatic amines is 1. The van der Waals surface area contributed by atoms with Gasteiger partial charge in [0, 0.05) is 0 Å². The van der Waals surface area contributed by atoms with Gasteiger partial charge in [0.05, 0.1) is 0 Å². The number of rotatable bonds is 0. The quantitative estimate of drug-likeness (QED) is 0.371. The highest BCUT2D eigenvalue weighted by Gasteiger charge is 2.26. The number of nitrogens with one attached hydrogen (secondary N) is 1. The maximum Gasteiger partial charge on any atom is 0.319 e. The number of hydrogen-bond acceptors (Lipinski definition) is 11. The zero-order valence-electron chi connectivity index (χ0n) is 14.4. The van der Waals surface area contributed by atoms with E-state index in [-0.39, 0.29) is 67.3 Å². The summed E-state index contributed by atoms with van der Waals surface area (Å²) in [7, 11) is 0. The molecule has 132 valence electrons. The van der Waals surface area contributed by atoms with Crippen molar-refractivity contribution in [3.8, 4) is 36.4 Å². The van der Waals surface area contributed by atoms with Crippen molar-refractivity contribution in [2.45, 2.75) is 0 Å². The van der Waals surface area contributed by atoms with Crippen LogP contribution in [0.5, 0.6) is 0 Å². The van der Waals surface area contributed by atoms with Crippen molar-refractivity contribution in [1.29, 1.82) is 31.6 Å². The normalized spacial score (nSPS) is 9.80. The standard InChI is InChI=1S/C18N12/c19-1-7-8(2-20)26-14-13(25-7)15-17(29-10(4-22)9(3-21)27-15)18-16(14)28-11(5-23)12(6-24)30-18/p+1. The highest BCUT2D eigenvalue weighted by molar-refractivity contribution is 6.17. The van der Waals surface area contributed by atoms with E-state index in [4.69, 9.17) is 0 Å². The smallest absolute Gasteiger partial charge is 0.230 e. The molecule has 0 bridgehead atoms. The highest BCUT2D eigenvalue weighted by atomic mass is 14.9. The zero-order valence-corrected chi connectivity index (χ0v) is 14.4. The molecule has 0 amide bonds. The van der Waals surface area contributed by atoms with Gasteiger partial charge in [-0.25, -0.2) is 24.9 Å². The highest BCUT2D eigenvalue weighted by Crippen LogP contribution is 2.29. The van der Waals surface area contributed by atoms with E-state index >= 15 is 0 Å². The Morgan fingerprint density at radius 3 is 1.13 bits per heavy atom. The van der Waals surface area contributed by atoms with Crippen LogP contribution in [0.4, 0.5) is 0 Å². The molecule has 0 radical (unpaired) electrons. The number of aromatic nitrogens is 6. The first-order valence-electron chi connectivity index (χ1n) is 7.83. The molecule has 12 heteroatoms. The molecular weight excluding hydrogens is 384 g/mol. The van der Waals surface area contributed by atoms with Gasteiger partial charge in [0.15, 0.2) is 39.9 Å². The largest absolute Gasteiger partial charge is 0.319 e. The van der Waals surface area contributed by atoms with Gasteiger partial charge in [0.2, 0.25) is 5.69 Å². The van der Waals surface area contributed by atoms with Gasteiger partial charge in [-0.05, 0) is 0 Å². The lowest BCUT2D eigenvalue weighted by atomic mass is 10.1. The van der Waals surface area contributed by atoms with Crippen LogP contribution < -0.4 is 4.98 Å². The number of hydrogen-bond donors (Lipinski definition) is 0. The van der Waals surface area contributed by atoms with Crippen molar-refractivity contribution in [3.63, 3.8) is 0 Å². The first-order valence-corrected chi connectivity index (χ1v) is 7.83. The summed E-state index contributed by atoms with van der Waals surface area (Å²) in [5.41, 5.74) is -1.35. The van der Waals surface area contributed by atoms with Gasteiger partial charge in [0.25, 0.3) is 5.52 Å². The lowest BCUT2D eigenvalue weighted by Gasteiger charge is -2.06. The summed E-state index contributed by atoms with van der Waals surface area (Å²) in [5.74, 6) is 0. The summed E-state index contributed by atoms with van der Waals surface area (Å²) in [5, 5.41) is 55.8. The third-order valence-corrected chi connectivity index (χ3v) is 4.07. The van der Waals surface area contributed by atoms with Crippen LogP contribution >= 0.6 is 0 Å². The zero-order chi connectivity index (χ0) is 21.4. The molecule has 0 saturated carbocycles. The van der Waals surface area contributed by atoms with Gasteiger partial charge in [-0.15, -0.1) is 0 Å². The van der Waals surface area contributed by atoms with E-state index in [0.717, 1.165) is 0 Å². The van der Waals surface area contributed by atoms with Crippen LogP contribution in [-0.4, -0.2) is 24.9 Å². The van der Waals surface area contributed by atoms with E-state index in [9.17, 15) is 31.6 Å². The second-order valence-corrected chi connectivity index (χ2v) is 5.59. The molecule has 12 nitrogen and oxygen atoms in total. The van der Waals surface area contributed by atoms with E-state index in [1.54, 1.807) is 36.4 Å². The van der Waals surface area contributed by atoms with Crippen LogP contribution in [0.1, 0.15) is 34.2 Å². The molecule has 0 spiro atoms. The number of fused-ring (bicyclic) bond motifs is 6. The van der Waals surface area contributed by atoms with Gasteiger partial charge < -0.3 is 0 Å². The molecule has 0 atom stereocenters. The summed E-state index contributed by atoms with van der Waals surface area (Å²) >= 11 is 0. The van der Waals surface area contributed by atoms with Crippen LogP contribution in [0, 0.1) is 68.0 Å². The fraction of sp³-hybridized carbons (Fsp3) is 0. The van der Waals surface area contributed by atoms with Crippen LogP contribution in [0.15, 0.2) is 0 Å². The fourth-order valence-corrected chi connectivity index (χ4v) is 2.82. The second kappa shape index (κ2) is 6.41. The summed E-state index contributed by atoms with van der Waals surface area (Å²) < 4.78 is 0. The number of nitriles is 6. The van der Waals surface area contributed by atoms with E-state index in [2.05, 4.69) is 29.9 Å². The first-order chi connectivity index (χ1) is 14.6. The Balaban J connectivity index is 2.42. The average Bonchev–Trinajstić information content (AvgIpc) is 2.81. The topological polar surface area (TPSA) is 221 Å². The Hall–Kier alpha value is -5.82. The number of nitrogens with zero attached hydrogens (tertiary/aromatic N) is 11.